The van der Waals surface area contributed by atoms with Crippen molar-refractivity contribution < 1.29 is 18.5 Å². The summed E-state index contributed by atoms with van der Waals surface area (Å²) < 4.78 is 26.3. The van der Waals surface area contributed by atoms with E-state index in [-0.39, 0.29) is 17.1 Å². The first kappa shape index (κ1) is 14.3. The van der Waals surface area contributed by atoms with Crippen LogP contribution >= 0.6 is 0 Å². The highest BCUT2D eigenvalue weighted by Crippen LogP contribution is 2.21. The molecule has 0 unspecified atom stereocenters. The van der Waals surface area contributed by atoms with Crippen LogP contribution in [-0.2, 0) is 0 Å². The van der Waals surface area contributed by atoms with Crippen molar-refractivity contribution in [1.82, 2.24) is 4.98 Å². The van der Waals surface area contributed by atoms with E-state index in [4.69, 9.17) is 5.73 Å². The van der Waals surface area contributed by atoms with Gasteiger partial charge in [-0.25, -0.2) is 13.8 Å². The number of non-ortho nitro benzene ring substituents is 1. The molecule has 1 aromatic heterocycles. The summed E-state index contributed by atoms with van der Waals surface area (Å²) in [7, 11) is 0. The molecule has 1 heterocycles. The number of nitrogens with zero attached hydrogens (tertiary/aromatic N) is 2. The maximum Gasteiger partial charge on any atom is 0.274 e. The summed E-state index contributed by atoms with van der Waals surface area (Å²) in [6.45, 7) is 0. The second kappa shape index (κ2) is 5.49. The normalized spacial score (nSPS) is 10.2. The molecule has 7 nitrogen and oxygen atoms in total. The number of nitrogen functional groups attached to an aromatic ring is 1. The number of hydrogen-bond acceptors (Lipinski definition) is 5. The fourth-order valence-electron chi connectivity index (χ4n) is 1.58. The van der Waals surface area contributed by atoms with Crippen LogP contribution in [0.25, 0.3) is 0 Å². The van der Waals surface area contributed by atoms with E-state index in [1.54, 1.807) is 0 Å². The summed E-state index contributed by atoms with van der Waals surface area (Å²) in [5.41, 5.74) is 4.48. The van der Waals surface area contributed by atoms with Crippen molar-refractivity contribution in [3.63, 3.8) is 0 Å². The molecule has 0 fully saturated rings. The standard InChI is InChI=1S/C12H8F2N4O3/c13-6-1-8(4-9(2-6)18(20)21)17-12(19)10-3-7(14)5-16-11(10)15/h1-5H,(H2,15,16)(H,17,19). The van der Waals surface area contributed by atoms with Gasteiger partial charge in [0.15, 0.2) is 0 Å². The molecule has 0 bridgehead atoms. The number of halogens is 2. The number of nitrogens with two attached hydrogens (primary N) is 1. The molecule has 0 saturated heterocycles. The average molecular weight is 294 g/mol. The Morgan fingerprint density at radius 2 is 1.95 bits per heavy atom. The van der Waals surface area contributed by atoms with Crippen LogP contribution in [-0.4, -0.2) is 15.8 Å². The van der Waals surface area contributed by atoms with Gasteiger partial charge in [0.1, 0.15) is 17.5 Å². The van der Waals surface area contributed by atoms with E-state index in [0.717, 1.165) is 24.4 Å². The predicted octanol–water partition coefficient (Wildman–Crippen LogP) is 2.10. The number of carbonyl (C=O) groups is 1. The predicted molar refractivity (Wildman–Crippen MR) is 69.6 cm³/mol. The number of anilines is 2. The van der Waals surface area contributed by atoms with E-state index in [1.165, 1.54) is 0 Å². The van der Waals surface area contributed by atoms with E-state index < -0.39 is 28.2 Å². The number of amides is 1. The second-order valence-electron chi connectivity index (χ2n) is 4.00. The number of nitro benzene ring substituents is 1. The third kappa shape index (κ3) is 3.26. The summed E-state index contributed by atoms with van der Waals surface area (Å²) in [6, 6.07) is 3.40. The van der Waals surface area contributed by atoms with Crippen molar-refractivity contribution in [3.05, 3.63) is 57.8 Å². The van der Waals surface area contributed by atoms with Gasteiger partial charge in [-0.2, -0.15) is 0 Å². The Labute approximate surface area is 116 Å². The van der Waals surface area contributed by atoms with E-state index in [0.29, 0.717) is 6.07 Å². The molecule has 0 aliphatic carbocycles. The Kier molecular flexibility index (Phi) is 3.74. The molecule has 0 saturated carbocycles. The molecule has 0 atom stereocenters. The lowest BCUT2D eigenvalue weighted by atomic mass is 10.2. The van der Waals surface area contributed by atoms with Gasteiger partial charge in [-0.05, 0) is 12.1 Å². The van der Waals surface area contributed by atoms with Crippen molar-refractivity contribution in [2.75, 3.05) is 11.1 Å². The molecule has 1 aromatic carbocycles. The van der Waals surface area contributed by atoms with Crippen molar-refractivity contribution in [2.45, 2.75) is 0 Å². The van der Waals surface area contributed by atoms with Crippen molar-refractivity contribution >= 4 is 23.1 Å². The van der Waals surface area contributed by atoms with E-state index in [2.05, 4.69) is 10.3 Å². The van der Waals surface area contributed by atoms with Gasteiger partial charge < -0.3 is 11.1 Å². The average Bonchev–Trinajstić information content (AvgIpc) is 2.40. The van der Waals surface area contributed by atoms with Crippen molar-refractivity contribution in [2.24, 2.45) is 0 Å². The number of hydrogen-bond donors (Lipinski definition) is 2. The fraction of sp³-hybridized carbons (Fsp3) is 0. The minimum atomic E-state index is -0.898. The van der Waals surface area contributed by atoms with Gasteiger partial charge in [-0.1, -0.05) is 0 Å². The number of nitro groups is 1. The van der Waals surface area contributed by atoms with Gasteiger partial charge in [-0.3, -0.25) is 14.9 Å². The van der Waals surface area contributed by atoms with Gasteiger partial charge in [0.05, 0.1) is 28.4 Å². The summed E-state index contributed by atoms with van der Waals surface area (Å²) in [5.74, 6) is -2.76. The number of nitrogens with one attached hydrogen (secondary N) is 1. The van der Waals surface area contributed by atoms with Crippen LogP contribution in [0.2, 0.25) is 0 Å². The van der Waals surface area contributed by atoms with Gasteiger partial charge in [0, 0.05) is 6.07 Å². The summed E-state index contributed by atoms with van der Waals surface area (Å²) >= 11 is 0. The first-order valence-corrected chi connectivity index (χ1v) is 5.54. The Bertz CT molecular complexity index is 736. The number of benzene rings is 1. The largest absolute Gasteiger partial charge is 0.383 e. The molecular formula is C12H8F2N4O3. The molecule has 108 valence electrons. The number of aromatic nitrogens is 1. The van der Waals surface area contributed by atoms with Gasteiger partial charge in [0.2, 0.25) is 0 Å². The zero-order chi connectivity index (χ0) is 15.6. The van der Waals surface area contributed by atoms with E-state index in [9.17, 15) is 23.7 Å². The van der Waals surface area contributed by atoms with Crippen molar-refractivity contribution in [1.29, 1.82) is 0 Å². The SMILES string of the molecule is Nc1ncc(F)cc1C(=O)Nc1cc(F)cc([N+](=O)[O-])c1. The fourth-order valence-corrected chi connectivity index (χ4v) is 1.58. The van der Waals surface area contributed by atoms with Crippen LogP contribution in [0.1, 0.15) is 10.4 Å². The number of pyridine rings is 1. The minimum absolute atomic E-state index is 0.157. The van der Waals surface area contributed by atoms with Crippen molar-refractivity contribution in [3.8, 4) is 0 Å². The van der Waals surface area contributed by atoms with Crippen LogP contribution < -0.4 is 11.1 Å². The molecule has 0 aliphatic rings. The Morgan fingerprint density at radius 3 is 2.62 bits per heavy atom. The molecule has 21 heavy (non-hydrogen) atoms. The zero-order valence-electron chi connectivity index (χ0n) is 10.3. The number of carbonyl (C=O) groups excluding carboxylic acids is 1. The molecule has 9 heteroatoms. The molecule has 0 spiro atoms. The summed E-state index contributed by atoms with van der Waals surface area (Å²) in [5, 5.41) is 12.8. The van der Waals surface area contributed by atoms with Crippen LogP contribution in [0.4, 0.5) is 26.0 Å². The third-order valence-corrected chi connectivity index (χ3v) is 2.48. The van der Waals surface area contributed by atoms with Gasteiger partial charge >= 0.3 is 0 Å². The smallest absolute Gasteiger partial charge is 0.274 e. The zero-order valence-corrected chi connectivity index (χ0v) is 10.3. The molecule has 1 amide bonds. The molecule has 2 rings (SSSR count). The van der Waals surface area contributed by atoms with E-state index in [1.807, 2.05) is 0 Å². The topological polar surface area (TPSA) is 111 Å². The molecule has 0 radical (unpaired) electrons. The number of rotatable bonds is 3. The minimum Gasteiger partial charge on any atom is -0.383 e. The lowest BCUT2D eigenvalue weighted by Gasteiger charge is -2.07. The maximum absolute atomic E-state index is 13.2. The first-order chi connectivity index (χ1) is 9.86. The van der Waals surface area contributed by atoms with Crippen LogP contribution in [0, 0.1) is 21.7 Å². The highest BCUT2D eigenvalue weighted by Gasteiger charge is 2.15. The molecule has 0 aliphatic heterocycles. The Balaban J connectivity index is 2.31. The lowest BCUT2D eigenvalue weighted by Crippen LogP contribution is -2.15. The van der Waals surface area contributed by atoms with E-state index >= 15 is 0 Å². The lowest BCUT2D eigenvalue weighted by molar-refractivity contribution is -0.385. The summed E-state index contributed by atoms with van der Waals surface area (Å²) in [6.07, 6.45) is 0.832. The highest BCUT2D eigenvalue weighted by atomic mass is 19.1. The van der Waals surface area contributed by atoms with Gasteiger partial charge in [-0.15, -0.1) is 0 Å². The third-order valence-electron chi connectivity index (χ3n) is 2.48. The highest BCUT2D eigenvalue weighted by molar-refractivity contribution is 6.07. The van der Waals surface area contributed by atoms with Crippen LogP contribution in [0.3, 0.4) is 0 Å². The Hall–Kier alpha value is -3.10. The second-order valence-corrected chi connectivity index (χ2v) is 4.00. The quantitative estimate of drug-likeness (QED) is 0.665. The van der Waals surface area contributed by atoms with Crippen LogP contribution in [0.15, 0.2) is 30.5 Å². The molecular weight excluding hydrogens is 286 g/mol. The maximum atomic E-state index is 13.2. The molecule has 3 N–H and O–H groups in total. The van der Waals surface area contributed by atoms with Gasteiger partial charge in [0.25, 0.3) is 11.6 Å². The van der Waals surface area contributed by atoms with Crippen LogP contribution in [0.5, 0.6) is 0 Å². The summed E-state index contributed by atoms with van der Waals surface area (Å²) in [4.78, 5) is 25.2. The molecule has 2 aromatic rings. The monoisotopic (exact) mass is 294 g/mol. The first-order valence-electron chi connectivity index (χ1n) is 5.54. The Morgan fingerprint density at radius 1 is 1.24 bits per heavy atom.